The number of hydrogen-bond donors (Lipinski definition) is 0. The number of carbonyl (C=O) groups is 1. The summed E-state index contributed by atoms with van der Waals surface area (Å²) in [5.74, 6) is 1.11. The van der Waals surface area contributed by atoms with E-state index in [9.17, 15) is 4.79 Å². The van der Waals surface area contributed by atoms with Gasteiger partial charge in [0.25, 0.3) is 0 Å². The highest BCUT2D eigenvalue weighted by atomic mass is 16.1. The van der Waals surface area contributed by atoms with Crippen LogP contribution < -0.4 is 0 Å². The monoisotopic (exact) mass is 166 g/mol. The van der Waals surface area contributed by atoms with Crippen LogP contribution in [0.4, 0.5) is 0 Å². The SMILES string of the molecule is CC(C)C(=O)/C=C/C1CCCC1. The summed E-state index contributed by atoms with van der Waals surface area (Å²) in [5, 5.41) is 0. The van der Waals surface area contributed by atoms with Crippen molar-refractivity contribution in [2.24, 2.45) is 11.8 Å². The van der Waals surface area contributed by atoms with E-state index in [0.29, 0.717) is 5.92 Å². The third-order valence-electron chi connectivity index (χ3n) is 2.50. The summed E-state index contributed by atoms with van der Waals surface area (Å²) in [7, 11) is 0. The minimum Gasteiger partial charge on any atom is -0.295 e. The Balaban J connectivity index is 2.33. The van der Waals surface area contributed by atoms with Crippen LogP contribution in [-0.4, -0.2) is 5.78 Å². The molecule has 0 heterocycles. The van der Waals surface area contributed by atoms with E-state index < -0.39 is 0 Å². The van der Waals surface area contributed by atoms with Gasteiger partial charge in [-0.25, -0.2) is 0 Å². The zero-order valence-corrected chi connectivity index (χ0v) is 8.05. The quantitative estimate of drug-likeness (QED) is 0.589. The molecular formula is C11H18O. The van der Waals surface area contributed by atoms with E-state index in [1.165, 1.54) is 25.7 Å². The van der Waals surface area contributed by atoms with E-state index in [0.717, 1.165) is 0 Å². The molecule has 0 bridgehead atoms. The van der Waals surface area contributed by atoms with Gasteiger partial charge < -0.3 is 0 Å². The largest absolute Gasteiger partial charge is 0.295 e. The predicted octanol–water partition coefficient (Wildman–Crippen LogP) is 2.96. The molecule has 12 heavy (non-hydrogen) atoms. The molecule has 68 valence electrons. The average molecular weight is 166 g/mol. The molecule has 0 aromatic carbocycles. The number of rotatable bonds is 3. The third-order valence-corrected chi connectivity index (χ3v) is 2.50. The Bertz CT molecular complexity index is 173. The van der Waals surface area contributed by atoms with Crippen LogP contribution in [0.25, 0.3) is 0 Å². The van der Waals surface area contributed by atoms with Crippen LogP contribution in [0.1, 0.15) is 39.5 Å². The van der Waals surface area contributed by atoms with Crippen molar-refractivity contribution < 1.29 is 4.79 Å². The maximum Gasteiger partial charge on any atom is 0.157 e. The second-order valence-electron chi connectivity index (χ2n) is 3.96. The Hall–Kier alpha value is -0.590. The van der Waals surface area contributed by atoms with Crippen molar-refractivity contribution in [3.63, 3.8) is 0 Å². The minimum absolute atomic E-state index is 0.155. The second kappa shape index (κ2) is 4.44. The Kier molecular flexibility index (Phi) is 3.51. The lowest BCUT2D eigenvalue weighted by Gasteiger charge is -2.01. The van der Waals surface area contributed by atoms with Crippen LogP contribution >= 0.6 is 0 Å². The zero-order chi connectivity index (χ0) is 8.97. The van der Waals surface area contributed by atoms with E-state index >= 15 is 0 Å². The number of carbonyl (C=O) groups excluding carboxylic acids is 1. The molecule has 0 aromatic rings. The van der Waals surface area contributed by atoms with Crippen molar-refractivity contribution in [2.45, 2.75) is 39.5 Å². The van der Waals surface area contributed by atoms with Gasteiger partial charge in [-0.1, -0.05) is 32.8 Å². The summed E-state index contributed by atoms with van der Waals surface area (Å²) >= 11 is 0. The lowest BCUT2D eigenvalue weighted by molar-refractivity contribution is -0.117. The maximum atomic E-state index is 11.2. The highest BCUT2D eigenvalue weighted by molar-refractivity contribution is 5.91. The normalized spacial score (nSPS) is 19.6. The molecule has 1 aliphatic carbocycles. The summed E-state index contributed by atoms with van der Waals surface area (Å²) in [6.07, 6.45) is 9.12. The van der Waals surface area contributed by atoms with Crippen molar-refractivity contribution in [3.8, 4) is 0 Å². The van der Waals surface area contributed by atoms with E-state index in [-0.39, 0.29) is 11.7 Å². The summed E-state index contributed by atoms with van der Waals surface area (Å²) in [5.41, 5.74) is 0. The van der Waals surface area contributed by atoms with Crippen LogP contribution in [0.3, 0.4) is 0 Å². The van der Waals surface area contributed by atoms with Gasteiger partial charge in [0.15, 0.2) is 5.78 Å². The molecule has 0 spiro atoms. The zero-order valence-electron chi connectivity index (χ0n) is 8.05. The van der Waals surface area contributed by atoms with Gasteiger partial charge in [-0.15, -0.1) is 0 Å². The third kappa shape index (κ3) is 2.80. The number of hydrogen-bond acceptors (Lipinski definition) is 1. The van der Waals surface area contributed by atoms with Gasteiger partial charge in [-0.05, 0) is 24.8 Å². The molecule has 0 aliphatic heterocycles. The van der Waals surface area contributed by atoms with Gasteiger partial charge in [0.1, 0.15) is 0 Å². The lowest BCUT2D eigenvalue weighted by atomic mass is 10.0. The summed E-state index contributed by atoms with van der Waals surface area (Å²) in [6.45, 7) is 3.89. The van der Waals surface area contributed by atoms with Gasteiger partial charge in [-0.3, -0.25) is 4.79 Å². The number of ketones is 1. The van der Waals surface area contributed by atoms with Gasteiger partial charge in [0, 0.05) is 5.92 Å². The molecule has 1 nitrogen and oxygen atoms in total. The van der Waals surface area contributed by atoms with Gasteiger partial charge in [-0.2, -0.15) is 0 Å². The molecule has 1 heteroatoms. The lowest BCUT2D eigenvalue weighted by Crippen LogP contribution is -2.03. The molecule has 0 atom stereocenters. The highest BCUT2D eigenvalue weighted by Crippen LogP contribution is 2.25. The first kappa shape index (κ1) is 9.50. The van der Waals surface area contributed by atoms with Crippen LogP contribution in [0.2, 0.25) is 0 Å². The smallest absolute Gasteiger partial charge is 0.157 e. The number of allylic oxidation sites excluding steroid dienone is 2. The summed E-state index contributed by atoms with van der Waals surface area (Å²) in [4.78, 5) is 11.2. The fraction of sp³-hybridized carbons (Fsp3) is 0.727. The first-order chi connectivity index (χ1) is 5.70. The summed E-state index contributed by atoms with van der Waals surface area (Å²) < 4.78 is 0. The molecule has 1 fully saturated rings. The Morgan fingerprint density at radius 1 is 1.33 bits per heavy atom. The topological polar surface area (TPSA) is 17.1 Å². The van der Waals surface area contributed by atoms with Gasteiger partial charge >= 0.3 is 0 Å². The van der Waals surface area contributed by atoms with Crippen LogP contribution in [0, 0.1) is 11.8 Å². The van der Waals surface area contributed by atoms with Crippen molar-refractivity contribution in [1.82, 2.24) is 0 Å². The average Bonchev–Trinajstić information content (AvgIpc) is 2.51. The Labute approximate surface area is 74.9 Å². The highest BCUT2D eigenvalue weighted by Gasteiger charge is 2.12. The van der Waals surface area contributed by atoms with Gasteiger partial charge in [0.2, 0.25) is 0 Å². The van der Waals surface area contributed by atoms with Crippen molar-refractivity contribution in [2.75, 3.05) is 0 Å². The Morgan fingerprint density at radius 2 is 1.92 bits per heavy atom. The standard InChI is InChI=1S/C11H18O/c1-9(2)11(12)8-7-10-5-3-4-6-10/h7-10H,3-6H2,1-2H3/b8-7+. The molecule has 0 unspecified atom stereocenters. The first-order valence-corrected chi connectivity index (χ1v) is 4.92. The fourth-order valence-corrected chi connectivity index (χ4v) is 1.57. The van der Waals surface area contributed by atoms with Crippen molar-refractivity contribution in [3.05, 3.63) is 12.2 Å². The fourth-order valence-electron chi connectivity index (χ4n) is 1.57. The van der Waals surface area contributed by atoms with Gasteiger partial charge in [0.05, 0.1) is 0 Å². The van der Waals surface area contributed by atoms with Crippen molar-refractivity contribution in [1.29, 1.82) is 0 Å². The van der Waals surface area contributed by atoms with Crippen molar-refractivity contribution >= 4 is 5.78 Å². The Morgan fingerprint density at radius 3 is 2.42 bits per heavy atom. The second-order valence-corrected chi connectivity index (χ2v) is 3.96. The van der Waals surface area contributed by atoms with Crippen LogP contribution in [0.15, 0.2) is 12.2 Å². The molecule has 0 saturated heterocycles. The molecular weight excluding hydrogens is 148 g/mol. The minimum atomic E-state index is 0.155. The molecule has 1 rings (SSSR count). The van der Waals surface area contributed by atoms with Crippen LogP contribution in [0.5, 0.6) is 0 Å². The molecule has 1 saturated carbocycles. The van der Waals surface area contributed by atoms with E-state index in [4.69, 9.17) is 0 Å². The predicted molar refractivity (Wildman–Crippen MR) is 50.9 cm³/mol. The molecule has 0 amide bonds. The van der Waals surface area contributed by atoms with Crippen LogP contribution in [-0.2, 0) is 4.79 Å². The molecule has 0 aromatic heterocycles. The van der Waals surface area contributed by atoms with E-state index in [2.05, 4.69) is 6.08 Å². The molecule has 1 aliphatic rings. The first-order valence-electron chi connectivity index (χ1n) is 4.92. The molecule has 0 N–H and O–H groups in total. The maximum absolute atomic E-state index is 11.2. The molecule has 0 radical (unpaired) electrons. The van der Waals surface area contributed by atoms with E-state index in [1.54, 1.807) is 6.08 Å². The van der Waals surface area contributed by atoms with E-state index in [1.807, 2.05) is 13.8 Å². The summed E-state index contributed by atoms with van der Waals surface area (Å²) in [6, 6.07) is 0.